The third kappa shape index (κ3) is 2.80. The van der Waals surface area contributed by atoms with E-state index in [9.17, 15) is 18.7 Å². The van der Waals surface area contributed by atoms with Crippen molar-refractivity contribution in [1.82, 2.24) is 0 Å². The van der Waals surface area contributed by atoms with Gasteiger partial charge in [-0.1, -0.05) is 22.0 Å². The van der Waals surface area contributed by atoms with Crippen molar-refractivity contribution in [3.05, 3.63) is 57.6 Å². The lowest BCUT2D eigenvalue weighted by Crippen LogP contribution is -2.15. The van der Waals surface area contributed by atoms with Gasteiger partial charge in [0.15, 0.2) is 11.6 Å². The Morgan fingerprint density at radius 2 is 1.85 bits per heavy atom. The van der Waals surface area contributed by atoms with Crippen LogP contribution in [0.3, 0.4) is 0 Å². The minimum Gasteiger partial charge on any atom is -0.508 e. The first-order chi connectivity index (χ1) is 9.40. The summed E-state index contributed by atoms with van der Waals surface area (Å²) in [4.78, 5) is 12.0. The van der Waals surface area contributed by atoms with E-state index in [1.54, 1.807) is 6.92 Å². The Morgan fingerprint density at radius 1 is 1.25 bits per heavy atom. The van der Waals surface area contributed by atoms with Crippen LogP contribution in [0.4, 0.5) is 14.5 Å². The van der Waals surface area contributed by atoms with Crippen LogP contribution in [0, 0.1) is 18.6 Å². The highest BCUT2D eigenvalue weighted by Crippen LogP contribution is 2.25. The number of carbonyl (C=O) groups excluding carboxylic acids is 1. The zero-order valence-corrected chi connectivity index (χ0v) is 12.0. The molecule has 0 radical (unpaired) electrons. The average molecular weight is 342 g/mol. The van der Waals surface area contributed by atoms with Gasteiger partial charge in [0.1, 0.15) is 11.4 Å². The first-order valence-electron chi connectivity index (χ1n) is 5.64. The molecule has 1 amide bonds. The Bertz CT molecular complexity index is 666. The molecule has 0 aliphatic heterocycles. The second-order valence-electron chi connectivity index (χ2n) is 4.15. The topological polar surface area (TPSA) is 49.3 Å². The number of halogens is 3. The van der Waals surface area contributed by atoms with Crippen molar-refractivity contribution >= 4 is 27.5 Å². The summed E-state index contributed by atoms with van der Waals surface area (Å²) in [5.74, 6) is -2.53. The van der Waals surface area contributed by atoms with Gasteiger partial charge in [0.05, 0.1) is 0 Å². The number of amides is 1. The average Bonchev–Trinajstić information content (AvgIpc) is 2.36. The number of hydrogen-bond acceptors (Lipinski definition) is 2. The summed E-state index contributed by atoms with van der Waals surface area (Å²) in [5, 5.41) is 11.7. The molecule has 0 saturated heterocycles. The molecular formula is C14H10BrF2NO2. The monoisotopic (exact) mass is 341 g/mol. The zero-order chi connectivity index (χ0) is 14.9. The minimum absolute atomic E-state index is 0.0607. The maximum Gasteiger partial charge on any atom is 0.256 e. The van der Waals surface area contributed by atoms with Crippen LogP contribution in [0.1, 0.15) is 15.9 Å². The van der Waals surface area contributed by atoms with E-state index in [2.05, 4.69) is 21.2 Å². The molecule has 0 bridgehead atoms. The summed E-state index contributed by atoms with van der Waals surface area (Å²) in [6, 6.07) is 6.46. The molecule has 0 aromatic heterocycles. The van der Waals surface area contributed by atoms with Crippen LogP contribution in [-0.2, 0) is 0 Å². The van der Waals surface area contributed by atoms with Gasteiger partial charge in [0.2, 0.25) is 0 Å². The Hall–Kier alpha value is -1.95. The number of carbonyl (C=O) groups is 1. The Labute approximate surface area is 122 Å². The van der Waals surface area contributed by atoms with Gasteiger partial charge < -0.3 is 10.4 Å². The number of aromatic hydroxyl groups is 1. The van der Waals surface area contributed by atoms with Crippen molar-refractivity contribution in [2.24, 2.45) is 0 Å². The molecule has 2 aromatic carbocycles. The predicted octanol–water partition coefficient (Wildman–Crippen LogP) is 3.99. The molecule has 6 heteroatoms. The molecule has 0 heterocycles. The molecule has 3 nitrogen and oxygen atoms in total. The van der Waals surface area contributed by atoms with E-state index in [0.717, 1.165) is 12.1 Å². The number of phenols is 1. The van der Waals surface area contributed by atoms with Crippen molar-refractivity contribution in [3.63, 3.8) is 0 Å². The smallest absolute Gasteiger partial charge is 0.256 e. The summed E-state index contributed by atoms with van der Waals surface area (Å²) in [6.07, 6.45) is 0. The van der Waals surface area contributed by atoms with Crippen LogP contribution in [0.15, 0.2) is 34.8 Å². The first kappa shape index (κ1) is 14.5. The van der Waals surface area contributed by atoms with Crippen LogP contribution in [0.2, 0.25) is 0 Å². The highest BCUT2D eigenvalue weighted by molar-refractivity contribution is 9.10. The molecule has 0 atom stereocenters. The molecule has 0 unspecified atom stereocenters. The van der Waals surface area contributed by atoms with Crippen LogP contribution in [-0.4, -0.2) is 11.0 Å². The first-order valence-corrected chi connectivity index (χ1v) is 6.44. The predicted molar refractivity (Wildman–Crippen MR) is 74.9 cm³/mol. The number of benzene rings is 2. The fourth-order valence-corrected chi connectivity index (χ4v) is 2.11. The van der Waals surface area contributed by atoms with Crippen molar-refractivity contribution in [2.75, 3.05) is 5.32 Å². The molecule has 0 spiro atoms. The summed E-state index contributed by atoms with van der Waals surface area (Å²) in [6.45, 7) is 1.54. The number of hydrogen-bond donors (Lipinski definition) is 2. The van der Waals surface area contributed by atoms with Crippen molar-refractivity contribution in [1.29, 1.82) is 0 Å². The number of nitrogens with one attached hydrogen (secondary N) is 1. The standard InChI is InChI=1S/C14H10BrF2NO2/c1-7-9(3-2-4-12(7)19)14(20)18-13-10(16)5-8(15)6-11(13)17/h2-6,19H,1H3,(H,18,20). The largest absolute Gasteiger partial charge is 0.508 e. The lowest BCUT2D eigenvalue weighted by Gasteiger charge is -2.10. The van der Waals surface area contributed by atoms with Crippen LogP contribution >= 0.6 is 15.9 Å². The molecule has 2 N–H and O–H groups in total. The highest BCUT2D eigenvalue weighted by atomic mass is 79.9. The van der Waals surface area contributed by atoms with Gasteiger partial charge in [0, 0.05) is 15.6 Å². The van der Waals surface area contributed by atoms with Crippen LogP contribution in [0.5, 0.6) is 5.75 Å². The summed E-state index contributed by atoms with van der Waals surface area (Å²) in [7, 11) is 0. The Kier molecular flexibility index (Phi) is 4.04. The lowest BCUT2D eigenvalue weighted by atomic mass is 10.1. The van der Waals surface area contributed by atoms with E-state index in [0.29, 0.717) is 5.56 Å². The summed E-state index contributed by atoms with van der Waals surface area (Å²) >= 11 is 2.95. The third-order valence-electron chi connectivity index (χ3n) is 2.80. The Morgan fingerprint density at radius 3 is 2.45 bits per heavy atom. The highest BCUT2D eigenvalue weighted by Gasteiger charge is 2.17. The molecule has 0 aliphatic carbocycles. The molecule has 2 rings (SSSR count). The van der Waals surface area contributed by atoms with E-state index in [1.807, 2.05) is 0 Å². The van der Waals surface area contributed by atoms with Gasteiger partial charge in [-0.25, -0.2) is 8.78 Å². The fourth-order valence-electron chi connectivity index (χ4n) is 1.71. The van der Waals surface area contributed by atoms with Gasteiger partial charge in [-0.15, -0.1) is 0 Å². The summed E-state index contributed by atoms with van der Waals surface area (Å²) < 4.78 is 27.5. The zero-order valence-electron chi connectivity index (χ0n) is 10.4. The SMILES string of the molecule is Cc1c(O)cccc1C(=O)Nc1c(F)cc(Br)cc1F. The molecule has 20 heavy (non-hydrogen) atoms. The van der Waals surface area contributed by atoms with E-state index in [4.69, 9.17) is 0 Å². The van der Waals surface area contributed by atoms with Gasteiger partial charge in [-0.3, -0.25) is 4.79 Å². The normalized spacial score (nSPS) is 10.4. The van der Waals surface area contributed by atoms with Crippen molar-refractivity contribution in [2.45, 2.75) is 6.92 Å². The second-order valence-corrected chi connectivity index (χ2v) is 5.06. The fraction of sp³-hybridized carbons (Fsp3) is 0.0714. The molecule has 0 saturated carbocycles. The van der Waals surface area contributed by atoms with Gasteiger partial charge in [0.25, 0.3) is 5.91 Å². The van der Waals surface area contributed by atoms with E-state index in [1.165, 1.54) is 18.2 Å². The van der Waals surface area contributed by atoms with Gasteiger partial charge in [-0.05, 0) is 31.2 Å². The molecule has 0 fully saturated rings. The second kappa shape index (κ2) is 5.58. The van der Waals surface area contributed by atoms with E-state index >= 15 is 0 Å². The van der Waals surface area contributed by atoms with E-state index in [-0.39, 0.29) is 15.8 Å². The molecule has 104 valence electrons. The number of rotatable bonds is 2. The van der Waals surface area contributed by atoms with Crippen molar-refractivity contribution < 1.29 is 18.7 Å². The van der Waals surface area contributed by atoms with Crippen LogP contribution < -0.4 is 5.32 Å². The maximum absolute atomic E-state index is 13.6. The van der Waals surface area contributed by atoms with Crippen LogP contribution in [0.25, 0.3) is 0 Å². The van der Waals surface area contributed by atoms with Gasteiger partial charge >= 0.3 is 0 Å². The lowest BCUT2D eigenvalue weighted by molar-refractivity contribution is 0.102. The molecular weight excluding hydrogens is 332 g/mol. The molecule has 0 aliphatic rings. The number of anilines is 1. The minimum atomic E-state index is -0.886. The van der Waals surface area contributed by atoms with Crippen molar-refractivity contribution in [3.8, 4) is 5.75 Å². The third-order valence-corrected chi connectivity index (χ3v) is 3.25. The maximum atomic E-state index is 13.6. The Balaban J connectivity index is 2.36. The summed E-state index contributed by atoms with van der Waals surface area (Å²) in [5.41, 5.74) is -0.0458. The van der Waals surface area contributed by atoms with Gasteiger partial charge in [-0.2, -0.15) is 0 Å². The molecule has 2 aromatic rings. The number of phenolic OH excluding ortho intramolecular Hbond substituents is 1. The van der Waals surface area contributed by atoms with E-state index < -0.39 is 23.2 Å². The quantitative estimate of drug-likeness (QED) is 0.867.